The third-order valence-corrected chi connectivity index (χ3v) is 3.09. The van der Waals surface area contributed by atoms with Crippen LogP contribution in [0.4, 0.5) is 0 Å². The molecule has 0 saturated carbocycles. The molecular weight excluding hydrogens is 194 g/mol. The van der Waals surface area contributed by atoms with E-state index in [2.05, 4.69) is 63.8 Å². The third-order valence-electron chi connectivity index (χ3n) is 3.09. The fourth-order valence-electron chi connectivity index (χ4n) is 2.12. The molecule has 0 spiro atoms. The number of hydrogen-bond acceptors (Lipinski definition) is 1. The average Bonchev–Trinajstić information content (AvgIpc) is 2.25. The molecule has 0 aliphatic heterocycles. The van der Waals surface area contributed by atoms with Gasteiger partial charge in [0.2, 0.25) is 0 Å². The summed E-state index contributed by atoms with van der Waals surface area (Å²) in [4.78, 5) is 2.52. The van der Waals surface area contributed by atoms with Crippen molar-refractivity contribution >= 4 is 0 Å². The highest BCUT2D eigenvalue weighted by atomic mass is 15.2. The Morgan fingerprint density at radius 1 is 1.00 bits per heavy atom. The van der Waals surface area contributed by atoms with Crippen molar-refractivity contribution in [2.45, 2.75) is 59.7 Å². The van der Waals surface area contributed by atoms with Crippen LogP contribution in [-0.4, -0.2) is 17.0 Å². The Morgan fingerprint density at radius 2 is 1.56 bits per heavy atom. The minimum atomic E-state index is 0.602. The number of benzene rings is 1. The van der Waals surface area contributed by atoms with Gasteiger partial charge in [0, 0.05) is 18.6 Å². The second-order valence-corrected chi connectivity index (χ2v) is 5.03. The summed E-state index contributed by atoms with van der Waals surface area (Å²) < 4.78 is 0. The molecule has 1 aromatic carbocycles. The normalized spacial score (nSPS) is 11.8. The SMILES string of the molecule is CCc1cccc(CN(C(C)C)C(C)C)c1. The van der Waals surface area contributed by atoms with Crippen molar-refractivity contribution in [3.05, 3.63) is 35.4 Å². The standard InChI is InChI=1S/C15H25N/c1-6-14-8-7-9-15(10-14)11-16(12(2)3)13(4)5/h7-10,12-13H,6,11H2,1-5H3. The highest BCUT2D eigenvalue weighted by Gasteiger charge is 2.13. The van der Waals surface area contributed by atoms with E-state index in [0.717, 1.165) is 13.0 Å². The van der Waals surface area contributed by atoms with E-state index in [-0.39, 0.29) is 0 Å². The first-order valence-corrected chi connectivity index (χ1v) is 6.38. The zero-order valence-corrected chi connectivity index (χ0v) is 11.3. The van der Waals surface area contributed by atoms with Crippen molar-refractivity contribution in [1.82, 2.24) is 4.90 Å². The first-order valence-electron chi connectivity index (χ1n) is 6.38. The minimum absolute atomic E-state index is 0.602. The van der Waals surface area contributed by atoms with Gasteiger partial charge in [-0.2, -0.15) is 0 Å². The summed E-state index contributed by atoms with van der Waals surface area (Å²) in [6.07, 6.45) is 1.12. The van der Waals surface area contributed by atoms with Crippen LogP contribution in [0.5, 0.6) is 0 Å². The molecule has 0 fully saturated rings. The monoisotopic (exact) mass is 219 g/mol. The molecule has 0 amide bonds. The molecule has 16 heavy (non-hydrogen) atoms. The van der Waals surface area contributed by atoms with E-state index in [0.29, 0.717) is 12.1 Å². The van der Waals surface area contributed by atoms with Crippen LogP contribution >= 0.6 is 0 Å². The van der Waals surface area contributed by atoms with Crippen LogP contribution in [-0.2, 0) is 13.0 Å². The predicted octanol–water partition coefficient (Wildman–Crippen LogP) is 3.87. The molecule has 0 aromatic heterocycles. The molecule has 90 valence electrons. The van der Waals surface area contributed by atoms with Gasteiger partial charge in [0.15, 0.2) is 0 Å². The van der Waals surface area contributed by atoms with Crippen molar-refractivity contribution in [2.75, 3.05) is 0 Å². The highest BCUT2D eigenvalue weighted by molar-refractivity contribution is 5.23. The van der Waals surface area contributed by atoms with Crippen LogP contribution in [0.2, 0.25) is 0 Å². The fraction of sp³-hybridized carbons (Fsp3) is 0.600. The van der Waals surface area contributed by atoms with Crippen molar-refractivity contribution in [1.29, 1.82) is 0 Å². The molecule has 0 aliphatic carbocycles. The lowest BCUT2D eigenvalue weighted by molar-refractivity contribution is 0.166. The number of rotatable bonds is 5. The van der Waals surface area contributed by atoms with E-state index >= 15 is 0 Å². The second kappa shape index (κ2) is 6.05. The molecular formula is C15H25N. The molecule has 1 rings (SSSR count). The van der Waals surface area contributed by atoms with Crippen LogP contribution in [0, 0.1) is 0 Å². The third kappa shape index (κ3) is 3.64. The molecule has 1 nitrogen and oxygen atoms in total. The Morgan fingerprint density at radius 3 is 2.06 bits per heavy atom. The number of aryl methyl sites for hydroxylation is 1. The summed E-state index contributed by atoms with van der Waals surface area (Å²) >= 11 is 0. The molecule has 0 bridgehead atoms. The van der Waals surface area contributed by atoms with Gasteiger partial charge in [-0.15, -0.1) is 0 Å². The van der Waals surface area contributed by atoms with Gasteiger partial charge in [0.05, 0.1) is 0 Å². The molecule has 0 saturated heterocycles. The van der Waals surface area contributed by atoms with Crippen molar-refractivity contribution < 1.29 is 0 Å². The molecule has 1 aromatic rings. The Bertz CT molecular complexity index is 307. The predicted molar refractivity (Wildman–Crippen MR) is 71.6 cm³/mol. The maximum Gasteiger partial charge on any atom is 0.0239 e. The lowest BCUT2D eigenvalue weighted by Gasteiger charge is -2.30. The molecule has 0 unspecified atom stereocenters. The lowest BCUT2D eigenvalue weighted by Crippen LogP contribution is -2.36. The Kier molecular flexibility index (Phi) is 5.01. The van der Waals surface area contributed by atoms with Gasteiger partial charge in [-0.3, -0.25) is 4.90 Å². The minimum Gasteiger partial charge on any atom is -0.294 e. The molecule has 1 heteroatoms. The van der Waals surface area contributed by atoms with Crippen LogP contribution in [0.3, 0.4) is 0 Å². The maximum atomic E-state index is 2.52. The number of nitrogens with zero attached hydrogens (tertiary/aromatic N) is 1. The Balaban J connectivity index is 2.77. The summed E-state index contributed by atoms with van der Waals surface area (Å²) in [5.41, 5.74) is 2.87. The van der Waals surface area contributed by atoms with Crippen LogP contribution < -0.4 is 0 Å². The topological polar surface area (TPSA) is 3.24 Å². The van der Waals surface area contributed by atoms with Gasteiger partial charge in [0.25, 0.3) is 0 Å². The summed E-state index contributed by atoms with van der Waals surface area (Å²) in [7, 11) is 0. The van der Waals surface area contributed by atoms with Gasteiger partial charge < -0.3 is 0 Å². The molecule has 0 heterocycles. The molecule has 0 atom stereocenters. The van der Waals surface area contributed by atoms with Crippen LogP contribution in [0.25, 0.3) is 0 Å². The average molecular weight is 219 g/mol. The zero-order valence-electron chi connectivity index (χ0n) is 11.3. The molecule has 0 radical (unpaired) electrons. The second-order valence-electron chi connectivity index (χ2n) is 5.03. The first-order chi connectivity index (χ1) is 7.54. The maximum absolute atomic E-state index is 2.52. The van der Waals surface area contributed by atoms with Gasteiger partial charge in [-0.05, 0) is 45.2 Å². The fourth-order valence-corrected chi connectivity index (χ4v) is 2.12. The van der Waals surface area contributed by atoms with Gasteiger partial charge in [-0.1, -0.05) is 31.2 Å². The summed E-state index contributed by atoms with van der Waals surface area (Å²) in [6.45, 7) is 12.3. The Labute approximate surface area is 100 Å². The first kappa shape index (κ1) is 13.2. The van der Waals surface area contributed by atoms with Crippen LogP contribution in [0.15, 0.2) is 24.3 Å². The van der Waals surface area contributed by atoms with Gasteiger partial charge >= 0.3 is 0 Å². The van der Waals surface area contributed by atoms with E-state index in [1.54, 1.807) is 0 Å². The van der Waals surface area contributed by atoms with E-state index in [1.807, 2.05) is 0 Å². The largest absolute Gasteiger partial charge is 0.294 e. The van der Waals surface area contributed by atoms with E-state index < -0.39 is 0 Å². The summed E-state index contributed by atoms with van der Waals surface area (Å²) in [5.74, 6) is 0. The molecule has 0 aliphatic rings. The highest BCUT2D eigenvalue weighted by Crippen LogP contribution is 2.13. The van der Waals surface area contributed by atoms with Crippen LogP contribution in [0.1, 0.15) is 45.7 Å². The van der Waals surface area contributed by atoms with Crippen molar-refractivity contribution in [3.63, 3.8) is 0 Å². The van der Waals surface area contributed by atoms with Crippen molar-refractivity contribution in [3.8, 4) is 0 Å². The van der Waals surface area contributed by atoms with Crippen molar-refractivity contribution in [2.24, 2.45) is 0 Å². The Hall–Kier alpha value is -0.820. The van der Waals surface area contributed by atoms with Gasteiger partial charge in [0.1, 0.15) is 0 Å². The molecule has 0 N–H and O–H groups in total. The van der Waals surface area contributed by atoms with E-state index in [9.17, 15) is 0 Å². The number of hydrogen-bond donors (Lipinski definition) is 0. The summed E-state index contributed by atoms with van der Waals surface area (Å²) in [5, 5.41) is 0. The van der Waals surface area contributed by atoms with E-state index in [4.69, 9.17) is 0 Å². The summed E-state index contributed by atoms with van der Waals surface area (Å²) in [6, 6.07) is 10.1. The quantitative estimate of drug-likeness (QED) is 0.726. The lowest BCUT2D eigenvalue weighted by atomic mass is 10.1. The zero-order chi connectivity index (χ0) is 12.1. The van der Waals surface area contributed by atoms with Gasteiger partial charge in [-0.25, -0.2) is 0 Å². The van der Waals surface area contributed by atoms with E-state index in [1.165, 1.54) is 11.1 Å². The smallest absolute Gasteiger partial charge is 0.0239 e.